The van der Waals surface area contributed by atoms with Crippen LogP contribution in [0.25, 0.3) is 0 Å². The minimum atomic E-state index is -0.282. The van der Waals surface area contributed by atoms with Crippen LogP contribution >= 0.6 is 15.9 Å². The molecule has 0 bridgehead atoms. The van der Waals surface area contributed by atoms with Gasteiger partial charge < -0.3 is 5.73 Å². The van der Waals surface area contributed by atoms with Crippen molar-refractivity contribution in [1.29, 1.82) is 0 Å². The fourth-order valence-corrected chi connectivity index (χ4v) is 1.25. The van der Waals surface area contributed by atoms with Gasteiger partial charge in [0.25, 0.3) is 0 Å². The Morgan fingerprint density at radius 2 is 2.25 bits per heavy atom. The Morgan fingerprint density at radius 1 is 1.58 bits per heavy atom. The van der Waals surface area contributed by atoms with E-state index in [2.05, 4.69) is 22.5 Å². The van der Waals surface area contributed by atoms with E-state index in [-0.39, 0.29) is 11.9 Å². The van der Waals surface area contributed by atoms with Crippen molar-refractivity contribution >= 4 is 15.9 Å². The molecule has 0 saturated carbocycles. The first-order valence-corrected chi connectivity index (χ1v) is 4.27. The summed E-state index contributed by atoms with van der Waals surface area (Å²) in [6, 6.07) is 4.44. The summed E-state index contributed by atoms with van der Waals surface area (Å²) in [5, 5.41) is 0. The Morgan fingerprint density at radius 3 is 2.75 bits per heavy atom. The van der Waals surface area contributed by atoms with E-state index in [1.165, 1.54) is 6.07 Å². The van der Waals surface area contributed by atoms with Gasteiger partial charge in [-0.1, -0.05) is 12.1 Å². The largest absolute Gasteiger partial charge is 0.321 e. The summed E-state index contributed by atoms with van der Waals surface area (Å²) in [5.74, 6) is -0.282. The van der Waals surface area contributed by atoms with Gasteiger partial charge in [0.15, 0.2) is 0 Å². The van der Waals surface area contributed by atoms with Crippen molar-refractivity contribution in [2.45, 2.75) is 6.04 Å². The Labute approximate surface area is 79.2 Å². The molecule has 12 heavy (non-hydrogen) atoms. The number of hydrogen-bond donors (Lipinski definition) is 1. The van der Waals surface area contributed by atoms with E-state index >= 15 is 0 Å². The molecule has 1 nitrogen and oxygen atoms in total. The Kier molecular flexibility index (Phi) is 3.00. The van der Waals surface area contributed by atoms with Crippen LogP contribution in [0.15, 0.2) is 35.3 Å². The summed E-state index contributed by atoms with van der Waals surface area (Å²) in [7, 11) is 0. The minimum absolute atomic E-state index is 0.234. The van der Waals surface area contributed by atoms with Crippen molar-refractivity contribution in [3.63, 3.8) is 0 Å². The van der Waals surface area contributed by atoms with Gasteiger partial charge in [-0.2, -0.15) is 0 Å². The molecule has 0 radical (unpaired) electrons. The SMILES string of the molecule is C=CC(N)c1ccc(F)c(Br)c1. The lowest BCUT2D eigenvalue weighted by Crippen LogP contribution is -2.06. The van der Waals surface area contributed by atoms with Gasteiger partial charge in [-0.05, 0) is 33.6 Å². The van der Waals surface area contributed by atoms with Crippen molar-refractivity contribution in [2.24, 2.45) is 5.73 Å². The number of halogens is 2. The lowest BCUT2D eigenvalue weighted by Gasteiger charge is -2.06. The molecule has 0 spiro atoms. The second kappa shape index (κ2) is 3.83. The van der Waals surface area contributed by atoms with E-state index in [1.54, 1.807) is 18.2 Å². The second-order valence-corrected chi connectivity index (χ2v) is 3.29. The molecular weight excluding hydrogens is 221 g/mol. The molecule has 1 atom stereocenters. The maximum atomic E-state index is 12.8. The molecule has 0 aliphatic carbocycles. The molecule has 0 aliphatic rings. The predicted molar refractivity (Wildman–Crippen MR) is 51.2 cm³/mol. The normalized spacial score (nSPS) is 12.6. The number of hydrogen-bond acceptors (Lipinski definition) is 1. The monoisotopic (exact) mass is 229 g/mol. The summed E-state index contributed by atoms with van der Waals surface area (Å²) in [5.41, 5.74) is 6.50. The summed E-state index contributed by atoms with van der Waals surface area (Å²) < 4.78 is 13.2. The molecule has 0 aliphatic heterocycles. The predicted octanol–water partition coefficient (Wildman–Crippen LogP) is 2.77. The van der Waals surface area contributed by atoms with Gasteiger partial charge in [-0.25, -0.2) is 4.39 Å². The van der Waals surface area contributed by atoms with Crippen LogP contribution in [0.5, 0.6) is 0 Å². The van der Waals surface area contributed by atoms with E-state index in [1.807, 2.05) is 0 Å². The summed E-state index contributed by atoms with van der Waals surface area (Å²) in [4.78, 5) is 0. The van der Waals surface area contributed by atoms with Crippen LogP contribution < -0.4 is 5.73 Å². The molecule has 64 valence electrons. The first-order chi connectivity index (χ1) is 5.65. The molecule has 1 aromatic rings. The van der Waals surface area contributed by atoms with Crippen molar-refractivity contribution < 1.29 is 4.39 Å². The number of benzene rings is 1. The van der Waals surface area contributed by atoms with Gasteiger partial charge in [0.2, 0.25) is 0 Å². The summed E-state index contributed by atoms with van der Waals surface area (Å²) in [6.45, 7) is 3.56. The molecule has 0 aromatic heterocycles. The summed E-state index contributed by atoms with van der Waals surface area (Å²) in [6.07, 6.45) is 1.61. The van der Waals surface area contributed by atoms with Crippen molar-refractivity contribution in [3.8, 4) is 0 Å². The van der Waals surface area contributed by atoms with Crippen molar-refractivity contribution in [2.75, 3.05) is 0 Å². The average Bonchev–Trinajstić information content (AvgIpc) is 2.08. The maximum absolute atomic E-state index is 12.8. The fraction of sp³-hybridized carbons (Fsp3) is 0.111. The topological polar surface area (TPSA) is 26.0 Å². The van der Waals surface area contributed by atoms with Crippen LogP contribution in [0, 0.1) is 5.82 Å². The Balaban J connectivity index is 3.04. The van der Waals surface area contributed by atoms with Crippen molar-refractivity contribution in [3.05, 3.63) is 46.7 Å². The second-order valence-electron chi connectivity index (χ2n) is 2.44. The van der Waals surface area contributed by atoms with Crippen molar-refractivity contribution in [1.82, 2.24) is 0 Å². The van der Waals surface area contributed by atoms with Crippen LogP contribution in [0.2, 0.25) is 0 Å². The molecule has 0 saturated heterocycles. The standard InChI is InChI=1S/C9H9BrFN/c1-2-9(12)6-3-4-8(11)7(10)5-6/h2-5,9H,1,12H2. The zero-order valence-electron chi connectivity index (χ0n) is 6.43. The van der Waals surface area contributed by atoms with Gasteiger partial charge >= 0.3 is 0 Å². The van der Waals surface area contributed by atoms with E-state index < -0.39 is 0 Å². The Bertz CT molecular complexity index is 299. The van der Waals surface area contributed by atoms with Crippen LogP contribution in [0.4, 0.5) is 4.39 Å². The number of rotatable bonds is 2. The quantitative estimate of drug-likeness (QED) is 0.776. The van der Waals surface area contributed by atoms with Gasteiger partial charge in [0.1, 0.15) is 5.82 Å². The highest BCUT2D eigenvalue weighted by molar-refractivity contribution is 9.10. The molecule has 0 fully saturated rings. The molecule has 1 aromatic carbocycles. The number of nitrogens with two attached hydrogens (primary N) is 1. The highest BCUT2D eigenvalue weighted by Crippen LogP contribution is 2.20. The van der Waals surface area contributed by atoms with Gasteiger partial charge in [-0.3, -0.25) is 0 Å². The van der Waals surface area contributed by atoms with Crippen LogP contribution in [0.3, 0.4) is 0 Å². The van der Waals surface area contributed by atoms with Crippen LogP contribution in [0.1, 0.15) is 11.6 Å². The van der Waals surface area contributed by atoms with Gasteiger partial charge in [0, 0.05) is 6.04 Å². The fourth-order valence-electron chi connectivity index (χ4n) is 0.856. The van der Waals surface area contributed by atoms with Crippen LogP contribution in [-0.2, 0) is 0 Å². The molecule has 1 rings (SSSR count). The highest BCUT2D eigenvalue weighted by atomic mass is 79.9. The molecule has 0 amide bonds. The first-order valence-electron chi connectivity index (χ1n) is 3.48. The third kappa shape index (κ3) is 1.93. The van der Waals surface area contributed by atoms with E-state index in [0.29, 0.717) is 4.47 Å². The lowest BCUT2D eigenvalue weighted by atomic mass is 10.1. The average molecular weight is 230 g/mol. The lowest BCUT2D eigenvalue weighted by molar-refractivity contribution is 0.619. The first kappa shape index (κ1) is 9.42. The van der Waals surface area contributed by atoms with E-state index in [4.69, 9.17) is 5.73 Å². The van der Waals surface area contributed by atoms with E-state index in [9.17, 15) is 4.39 Å². The zero-order valence-corrected chi connectivity index (χ0v) is 8.01. The third-order valence-corrected chi connectivity index (χ3v) is 2.19. The third-order valence-electron chi connectivity index (χ3n) is 1.58. The smallest absolute Gasteiger partial charge is 0.137 e. The van der Waals surface area contributed by atoms with E-state index in [0.717, 1.165) is 5.56 Å². The zero-order chi connectivity index (χ0) is 9.14. The maximum Gasteiger partial charge on any atom is 0.137 e. The van der Waals surface area contributed by atoms with Gasteiger partial charge in [0.05, 0.1) is 4.47 Å². The molecular formula is C9H9BrFN. The summed E-state index contributed by atoms with van der Waals surface area (Å²) >= 11 is 3.08. The van der Waals surface area contributed by atoms with Crippen LogP contribution in [-0.4, -0.2) is 0 Å². The highest BCUT2D eigenvalue weighted by Gasteiger charge is 2.04. The van der Waals surface area contributed by atoms with Gasteiger partial charge in [-0.15, -0.1) is 6.58 Å². The Hall–Kier alpha value is -0.670. The molecule has 3 heteroatoms. The molecule has 1 unspecified atom stereocenters. The molecule has 2 N–H and O–H groups in total. The minimum Gasteiger partial charge on any atom is -0.321 e. The molecule has 0 heterocycles.